The number of hydrogen-bond acceptors (Lipinski definition) is 2. The fourth-order valence-corrected chi connectivity index (χ4v) is 8.78. The predicted octanol–water partition coefficient (Wildman–Crippen LogP) is 12.0. The fourth-order valence-electron chi connectivity index (χ4n) is 8.78. The molecule has 0 aliphatic heterocycles. The molecule has 0 amide bonds. The third kappa shape index (κ3) is 3.69. The number of hydrogen-bond donors (Lipinski definition) is 0. The molecule has 0 unspecified atom stereocenters. The zero-order chi connectivity index (χ0) is 33.1. The zero-order valence-electron chi connectivity index (χ0n) is 27.8. The van der Waals surface area contributed by atoms with Gasteiger partial charge in [0.05, 0.1) is 16.7 Å². The highest BCUT2D eigenvalue weighted by molar-refractivity contribution is 6.14. The Labute approximate surface area is 290 Å². The molecule has 3 heteroatoms. The quantitative estimate of drug-likeness (QED) is 0.193. The van der Waals surface area contributed by atoms with Crippen LogP contribution >= 0.6 is 0 Å². The van der Waals surface area contributed by atoms with E-state index in [9.17, 15) is 0 Å². The Morgan fingerprint density at radius 3 is 1.98 bits per heavy atom. The van der Waals surface area contributed by atoms with Crippen LogP contribution in [0.15, 0.2) is 152 Å². The fraction of sp³-hybridized carbons (Fsp3) is 0.0638. The average molecular weight is 638 g/mol. The van der Waals surface area contributed by atoms with Gasteiger partial charge in [0.2, 0.25) is 0 Å². The largest absolute Gasteiger partial charge is 0.309 e. The molecular formula is C47H31N3. The molecule has 3 nitrogen and oxygen atoms in total. The Kier molecular flexibility index (Phi) is 5.45. The molecule has 0 saturated carbocycles. The van der Waals surface area contributed by atoms with Gasteiger partial charge in [0.25, 0.3) is 0 Å². The Balaban J connectivity index is 1.04. The second-order valence-corrected chi connectivity index (χ2v) is 14.2. The molecule has 2 heterocycles. The normalized spacial score (nSPS) is 13.6. The van der Waals surface area contributed by atoms with Crippen molar-refractivity contribution in [3.8, 4) is 61.7 Å². The van der Waals surface area contributed by atoms with E-state index in [1.54, 1.807) is 0 Å². The molecule has 2 aromatic heterocycles. The Morgan fingerprint density at radius 2 is 1.16 bits per heavy atom. The second-order valence-electron chi connectivity index (χ2n) is 14.2. The van der Waals surface area contributed by atoms with E-state index in [2.05, 4.69) is 164 Å². The Hall–Kier alpha value is -6.32. The van der Waals surface area contributed by atoms with Gasteiger partial charge in [-0.15, -0.1) is 0 Å². The lowest BCUT2D eigenvalue weighted by Crippen LogP contribution is -2.14. The lowest BCUT2D eigenvalue weighted by atomic mass is 9.82. The van der Waals surface area contributed by atoms with Gasteiger partial charge in [-0.05, 0) is 92.2 Å². The van der Waals surface area contributed by atoms with E-state index in [1.807, 2.05) is 6.20 Å². The lowest BCUT2D eigenvalue weighted by molar-refractivity contribution is 0.660. The topological polar surface area (TPSA) is 30.7 Å². The highest BCUT2D eigenvalue weighted by Gasteiger charge is 2.36. The molecule has 0 bridgehead atoms. The first kappa shape index (κ1) is 27.6. The molecule has 0 atom stereocenters. The van der Waals surface area contributed by atoms with Crippen LogP contribution < -0.4 is 0 Å². The van der Waals surface area contributed by atoms with Gasteiger partial charge >= 0.3 is 0 Å². The third-order valence-corrected chi connectivity index (χ3v) is 11.2. The number of nitrogens with zero attached hydrogens (tertiary/aromatic N) is 3. The minimum absolute atomic E-state index is 0.106. The van der Waals surface area contributed by atoms with Crippen LogP contribution in [0.25, 0.3) is 94.3 Å². The van der Waals surface area contributed by atoms with Crippen LogP contribution in [0.4, 0.5) is 0 Å². The van der Waals surface area contributed by atoms with Crippen molar-refractivity contribution in [1.29, 1.82) is 0 Å². The summed E-state index contributed by atoms with van der Waals surface area (Å²) in [5.74, 6) is 0.763. The van der Waals surface area contributed by atoms with Crippen LogP contribution in [-0.4, -0.2) is 14.5 Å². The number of benzene rings is 7. The number of fused-ring (bicyclic) bond motifs is 9. The van der Waals surface area contributed by atoms with E-state index < -0.39 is 0 Å². The number of aromatic nitrogens is 3. The lowest BCUT2D eigenvalue weighted by Gasteiger charge is -2.21. The molecule has 0 fully saturated rings. The van der Waals surface area contributed by atoms with E-state index in [-0.39, 0.29) is 5.41 Å². The van der Waals surface area contributed by atoms with Gasteiger partial charge in [-0.2, -0.15) is 0 Å². The Bertz CT molecular complexity index is 2890. The van der Waals surface area contributed by atoms with Crippen molar-refractivity contribution >= 4 is 32.6 Å². The molecular weight excluding hydrogens is 607 g/mol. The first-order chi connectivity index (χ1) is 24.5. The SMILES string of the molecule is CC1(C)c2ccc(-c3ccc4c(c3)c3ccccc3n4-c3ccccc3)cc2-c2cc(-c3ncc4c(n3)-c3cccc5cccc-4c35)ccc21. The van der Waals surface area contributed by atoms with Crippen LogP contribution in [0.5, 0.6) is 0 Å². The molecule has 9 aromatic rings. The van der Waals surface area contributed by atoms with Crippen molar-refractivity contribution in [3.63, 3.8) is 0 Å². The number of rotatable bonds is 3. The summed E-state index contributed by atoms with van der Waals surface area (Å²) in [6, 6.07) is 53.1. The van der Waals surface area contributed by atoms with Crippen molar-refractivity contribution in [2.45, 2.75) is 19.3 Å². The third-order valence-electron chi connectivity index (χ3n) is 11.2. The van der Waals surface area contributed by atoms with E-state index in [0.29, 0.717) is 0 Å². The number of para-hydroxylation sites is 2. The van der Waals surface area contributed by atoms with E-state index in [4.69, 9.17) is 9.97 Å². The molecule has 0 N–H and O–H groups in total. The summed E-state index contributed by atoms with van der Waals surface area (Å²) >= 11 is 0. The van der Waals surface area contributed by atoms with Crippen LogP contribution in [0.1, 0.15) is 25.0 Å². The van der Waals surface area contributed by atoms with Crippen molar-refractivity contribution in [2.24, 2.45) is 0 Å². The first-order valence-electron chi connectivity index (χ1n) is 17.3. The summed E-state index contributed by atoms with van der Waals surface area (Å²) in [6.45, 7) is 4.68. The summed E-state index contributed by atoms with van der Waals surface area (Å²) in [5.41, 5.74) is 16.8. The van der Waals surface area contributed by atoms with E-state index in [1.165, 1.54) is 82.8 Å². The van der Waals surface area contributed by atoms with Gasteiger partial charge in [-0.3, -0.25) is 0 Å². The van der Waals surface area contributed by atoms with Gasteiger partial charge in [0.1, 0.15) is 0 Å². The molecule has 2 aliphatic rings. The molecule has 50 heavy (non-hydrogen) atoms. The van der Waals surface area contributed by atoms with Crippen molar-refractivity contribution in [1.82, 2.24) is 14.5 Å². The van der Waals surface area contributed by atoms with E-state index >= 15 is 0 Å². The zero-order valence-corrected chi connectivity index (χ0v) is 27.8. The maximum atomic E-state index is 5.21. The Morgan fingerprint density at radius 1 is 0.500 bits per heavy atom. The molecule has 0 radical (unpaired) electrons. The maximum absolute atomic E-state index is 5.21. The van der Waals surface area contributed by atoms with Gasteiger partial charge in [0, 0.05) is 44.8 Å². The average Bonchev–Trinajstić information content (AvgIpc) is 3.75. The smallest absolute Gasteiger partial charge is 0.159 e. The van der Waals surface area contributed by atoms with Crippen molar-refractivity contribution in [3.05, 3.63) is 163 Å². The molecule has 0 saturated heterocycles. The van der Waals surface area contributed by atoms with Gasteiger partial charge < -0.3 is 4.57 Å². The molecule has 7 aromatic carbocycles. The highest BCUT2D eigenvalue weighted by Crippen LogP contribution is 2.51. The second kappa shape index (κ2) is 9.87. The monoisotopic (exact) mass is 637 g/mol. The van der Waals surface area contributed by atoms with Crippen LogP contribution in [0.3, 0.4) is 0 Å². The molecule has 11 rings (SSSR count). The van der Waals surface area contributed by atoms with Gasteiger partial charge in [-0.1, -0.05) is 117 Å². The van der Waals surface area contributed by atoms with Crippen molar-refractivity contribution < 1.29 is 0 Å². The van der Waals surface area contributed by atoms with E-state index in [0.717, 1.165) is 22.6 Å². The summed E-state index contributed by atoms with van der Waals surface area (Å²) in [6.07, 6.45) is 2.01. The van der Waals surface area contributed by atoms with Gasteiger partial charge in [-0.25, -0.2) is 9.97 Å². The summed E-state index contributed by atoms with van der Waals surface area (Å²) in [4.78, 5) is 10.1. The minimum atomic E-state index is -0.106. The summed E-state index contributed by atoms with van der Waals surface area (Å²) in [5, 5.41) is 5.04. The van der Waals surface area contributed by atoms with Crippen molar-refractivity contribution in [2.75, 3.05) is 0 Å². The van der Waals surface area contributed by atoms with Gasteiger partial charge in [0.15, 0.2) is 5.82 Å². The standard InChI is InChI=1S/C47H31N3/c1-47(2)40-21-18-29(30-20-23-43-38(25-30)33-14-6-7-17-42(33)50(43)32-12-4-3-5-13-32)24-36(40)37-26-31(19-22-41(37)47)46-48-27-39-34-15-8-10-28-11-9-16-35(44(28)34)45(39)49-46/h3-27H,1-2H3. The molecule has 0 spiro atoms. The first-order valence-corrected chi connectivity index (χ1v) is 17.3. The molecule has 234 valence electrons. The van der Waals surface area contributed by atoms with Crippen LogP contribution in [-0.2, 0) is 5.41 Å². The van der Waals surface area contributed by atoms with Crippen LogP contribution in [0.2, 0.25) is 0 Å². The van der Waals surface area contributed by atoms with Crippen LogP contribution in [0, 0.1) is 0 Å². The summed E-state index contributed by atoms with van der Waals surface area (Å²) in [7, 11) is 0. The molecule has 2 aliphatic carbocycles. The summed E-state index contributed by atoms with van der Waals surface area (Å²) < 4.78 is 2.37. The highest BCUT2D eigenvalue weighted by atomic mass is 15.0. The predicted molar refractivity (Wildman–Crippen MR) is 207 cm³/mol. The minimum Gasteiger partial charge on any atom is -0.309 e. The maximum Gasteiger partial charge on any atom is 0.159 e.